The minimum Gasteiger partial charge on any atom is -0.323 e. The van der Waals surface area contributed by atoms with E-state index < -0.39 is 0 Å². The molecule has 98 valence electrons. The molecule has 2 atom stereocenters. The van der Waals surface area contributed by atoms with Crippen molar-refractivity contribution in [2.24, 2.45) is 5.92 Å². The van der Waals surface area contributed by atoms with E-state index in [4.69, 9.17) is 11.6 Å². The Morgan fingerprint density at radius 2 is 2.39 bits per heavy atom. The number of pyridine rings is 1. The molecule has 1 aliphatic rings. The molecular formula is C13H18ClN3O. The molecule has 2 unspecified atom stereocenters. The number of aryl methyl sites for hydroxylation is 1. The van der Waals surface area contributed by atoms with E-state index in [2.05, 4.69) is 22.5 Å². The van der Waals surface area contributed by atoms with Gasteiger partial charge in [-0.05, 0) is 43.9 Å². The average molecular weight is 268 g/mol. The molecule has 0 bridgehead atoms. The standard InChI is InChI=1S/C13H18ClN3O/c1-8-3-4-15-11(5-8)13(18)17-10-6-9(2)12(14)16-7-10/h6-8,11,15H,3-5H2,1-2H3,(H,17,18). The van der Waals surface area contributed by atoms with Gasteiger partial charge in [-0.15, -0.1) is 0 Å². The summed E-state index contributed by atoms with van der Waals surface area (Å²) >= 11 is 5.85. The smallest absolute Gasteiger partial charge is 0.241 e. The van der Waals surface area contributed by atoms with Gasteiger partial charge in [-0.3, -0.25) is 4.79 Å². The van der Waals surface area contributed by atoms with Crippen LogP contribution in [0.5, 0.6) is 0 Å². The molecule has 0 radical (unpaired) electrons. The summed E-state index contributed by atoms with van der Waals surface area (Å²) in [6.45, 7) is 4.94. The summed E-state index contributed by atoms with van der Waals surface area (Å²) in [5.41, 5.74) is 1.56. The Morgan fingerprint density at radius 1 is 1.61 bits per heavy atom. The zero-order valence-electron chi connectivity index (χ0n) is 10.7. The van der Waals surface area contributed by atoms with Gasteiger partial charge in [0.2, 0.25) is 5.91 Å². The second-order valence-electron chi connectivity index (χ2n) is 4.96. The predicted octanol–water partition coefficient (Wildman–Crippen LogP) is 2.37. The molecule has 18 heavy (non-hydrogen) atoms. The maximum Gasteiger partial charge on any atom is 0.241 e. The summed E-state index contributed by atoms with van der Waals surface area (Å²) in [6, 6.07) is 1.73. The van der Waals surface area contributed by atoms with E-state index in [0.29, 0.717) is 16.8 Å². The summed E-state index contributed by atoms with van der Waals surface area (Å²) in [7, 11) is 0. The lowest BCUT2D eigenvalue weighted by atomic mass is 9.94. The summed E-state index contributed by atoms with van der Waals surface area (Å²) in [4.78, 5) is 16.1. The van der Waals surface area contributed by atoms with Crippen molar-refractivity contribution in [3.05, 3.63) is 23.0 Å². The number of halogens is 1. The number of anilines is 1. The minimum absolute atomic E-state index is 0.00470. The number of nitrogens with one attached hydrogen (secondary N) is 2. The van der Waals surface area contributed by atoms with Crippen molar-refractivity contribution in [2.75, 3.05) is 11.9 Å². The number of carbonyl (C=O) groups excluding carboxylic acids is 1. The molecular weight excluding hydrogens is 250 g/mol. The molecule has 4 nitrogen and oxygen atoms in total. The average Bonchev–Trinajstić information content (AvgIpc) is 2.34. The Kier molecular flexibility index (Phi) is 4.19. The van der Waals surface area contributed by atoms with E-state index in [1.165, 1.54) is 0 Å². The van der Waals surface area contributed by atoms with Crippen LogP contribution >= 0.6 is 11.6 Å². The Hall–Kier alpha value is -1.13. The highest BCUT2D eigenvalue weighted by atomic mass is 35.5. The van der Waals surface area contributed by atoms with Gasteiger partial charge in [0.05, 0.1) is 17.9 Å². The van der Waals surface area contributed by atoms with Gasteiger partial charge >= 0.3 is 0 Å². The summed E-state index contributed by atoms with van der Waals surface area (Å²) in [5.74, 6) is 0.595. The van der Waals surface area contributed by atoms with Gasteiger partial charge in [-0.2, -0.15) is 0 Å². The first-order valence-electron chi connectivity index (χ1n) is 6.22. The molecule has 2 heterocycles. The topological polar surface area (TPSA) is 54.0 Å². The van der Waals surface area contributed by atoms with Gasteiger partial charge < -0.3 is 10.6 Å². The zero-order chi connectivity index (χ0) is 13.1. The van der Waals surface area contributed by atoms with Crippen molar-refractivity contribution >= 4 is 23.2 Å². The number of piperidine rings is 1. The number of aromatic nitrogens is 1. The van der Waals surface area contributed by atoms with Crippen LogP contribution in [0.1, 0.15) is 25.3 Å². The fourth-order valence-corrected chi connectivity index (χ4v) is 2.27. The van der Waals surface area contributed by atoms with Gasteiger partial charge in [0.25, 0.3) is 0 Å². The van der Waals surface area contributed by atoms with Gasteiger partial charge in [0.15, 0.2) is 0 Å². The van der Waals surface area contributed by atoms with Gasteiger partial charge in [0.1, 0.15) is 5.15 Å². The molecule has 0 saturated carbocycles. The van der Waals surface area contributed by atoms with Crippen molar-refractivity contribution in [3.63, 3.8) is 0 Å². The van der Waals surface area contributed by atoms with Gasteiger partial charge in [-0.1, -0.05) is 18.5 Å². The minimum atomic E-state index is -0.107. The molecule has 1 aromatic heterocycles. The van der Waals surface area contributed by atoms with Crippen molar-refractivity contribution in [1.82, 2.24) is 10.3 Å². The number of amides is 1. The molecule has 2 N–H and O–H groups in total. The third-order valence-corrected chi connectivity index (χ3v) is 3.66. The lowest BCUT2D eigenvalue weighted by molar-refractivity contribution is -0.119. The fourth-order valence-electron chi connectivity index (χ4n) is 2.16. The van der Waals surface area contributed by atoms with Crippen molar-refractivity contribution < 1.29 is 4.79 Å². The highest BCUT2D eigenvalue weighted by Gasteiger charge is 2.24. The Balaban J connectivity index is 2.00. The number of hydrogen-bond donors (Lipinski definition) is 2. The molecule has 0 spiro atoms. The molecule has 1 fully saturated rings. The van der Waals surface area contributed by atoms with Gasteiger partial charge in [0, 0.05) is 0 Å². The molecule has 0 aromatic carbocycles. The van der Waals surface area contributed by atoms with E-state index in [-0.39, 0.29) is 11.9 Å². The zero-order valence-corrected chi connectivity index (χ0v) is 11.4. The third-order valence-electron chi connectivity index (χ3n) is 3.26. The van der Waals surface area contributed by atoms with E-state index in [0.717, 1.165) is 24.9 Å². The van der Waals surface area contributed by atoms with E-state index in [1.54, 1.807) is 6.20 Å². The Morgan fingerprint density at radius 3 is 3.06 bits per heavy atom. The number of hydrogen-bond acceptors (Lipinski definition) is 3. The Labute approximate surface area is 112 Å². The summed E-state index contributed by atoms with van der Waals surface area (Å²) in [5, 5.41) is 6.58. The van der Waals surface area contributed by atoms with Gasteiger partial charge in [-0.25, -0.2) is 4.98 Å². The molecule has 2 rings (SSSR count). The van der Waals surface area contributed by atoms with Crippen LogP contribution in [0.3, 0.4) is 0 Å². The SMILES string of the molecule is Cc1cc(NC(=O)C2CC(C)CCN2)cnc1Cl. The Bertz CT molecular complexity index is 450. The third kappa shape index (κ3) is 3.21. The lowest BCUT2D eigenvalue weighted by Crippen LogP contribution is -2.45. The molecule has 0 aliphatic carbocycles. The number of carbonyl (C=O) groups is 1. The largest absolute Gasteiger partial charge is 0.323 e. The molecule has 1 saturated heterocycles. The van der Waals surface area contributed by atoms with Crippen LogP contribution in [0, 0.1) is 12.8 Å². The highest BCUT2D eigenvalue weighted by molar-refractivity contribution is 6.30. The van der Waals surface area contributed by atoms with Crippen LogP contribution in [0.4, 0.5) is 5.69 Å². The van der Waals surface area contributed by atoms with Crippen molar-refractivity contribution in [3.8, 4) is 0 Å². The van der Waals surface area contributed by atoms with E-state index >= 15 is 0 Å². The quantitative estimate of drug-likeness (QED) is 0.809. The second kappa shape index (κ2) is 5.67. The van der Waals surface area contributed by atoms with Crippen molar-refractivity contribution in [1.29, 1.82) is 0 Å². The molecule has 5 heteroatoms. The van der Waals surface area contributed by atoms with Crippen LogP contribution < -0.4 is 10.6 Å². The number of rotatable bonds is 2. The molecule has 1 amide bonds. The normalized spacial score (nSPS) is 23.7. The lowest BCUT2D eigenvalue weighted by Gasteiger charge is -2.27. The van der Waals surface area contributed by atoms with E-state index in [9.17, 15) is 4.79 Å². The van der Waals surface area contributed by atoms with Crippen LogP contribution in [0.25, 0.3) is 0 Å². The van der Waals surface area contributed by atoms with E-state index in [1.807, 2.05) is 13.0 Å². The van der Waals surface area contributed by atoms with Crippen LogP contribution in [0.15, 0.2) is 12.3 Å². The first-order valence-corrected chi connectivity index (χ1v) is 6.60. The maximum atomic E-state index is 12.1. The predicted molar refractivity (Wildman–Crippen MR) is 72.8 cm³/mol. The molecule has 1 aromatic rings. The first kappa shape index (κ1) is 13.3. The number of nitrogens with zero attached hydrogens (tertiary/aromatic N) is 1. The summed E-state index contributed by atoms with van der Waals surface area (Å²) in [6.07, 6.45) is 3.59. The fraction of sp³-hybridized carbons (Fsp3) is 0.538. The highest BCUT2D eigenvalue weighted by Crippen LogP contribution is 2.19. The second-order valence-corrected chi connectivity index (χ2v) is 5.32. The monoisotopic (exact) mass is 267 g/mol. The summed E-state index contributed by atoms with van der Waals surface area (Å²) < 4.78 is 0. The van der Waals surface area contributed by atoms with Crippen LogP contribution in [-0.2, 0) is 4.79 Å². The van der Waals surface area contributed by atoms with Crippen LogP contribution in [0.2, 0.25) is 5.15 Å². The maximum absolute atomic E-state index is 12.1. The first-order chi connectivity index (χ1) is 8.56. The van der Waals surface area contributed by atoms with Crippen molar-refractivity contribution in [2.45, 2.75) is 32.7 Å². The molecule has 1 aliphatic heterocycles. The van der Waals surface area contributed by atoms with Crippen LogP contribution in [-0.4, -0.2) is 23.5 Å².